The lowest BCUT2D eigenvalue weighted by atomic mass is 10.2. The number of thioether (sulfide) groups is 1. The van der Waals surface area contributed by atoms with E-state index in [1.54, 1.807) is 12.1 Å². The normalized spacial score (nSPS) is 17.5. The van der Waals surface area contributed by atoms with E-state index in [0.717, 1.165) is 37.4 Å². The van der Waals surface area contributed by atoms with Crippen molar-refractivity contribution >= 4 is 17.4 Å². The molecule has 1 aromatic rings. The molecular formula is C12H17NO2S. The molecule has 1 fully saturated rings. The lowest BCUT2D eigenvalue weighted by molar-refractivity contribution is 0.1000. The van der Waals surface area contributed by atoms with Crippen molar-refractivity contribution in [1.29, 1.82) is 0 Å². The lowest BCUT2D eigenvalue weighted by Gasteiger charge is -2.21. The van der Waals surface area contributed by atoms with Crippen molar-refractivity contribution in [2.75, 3.05) is 18.9 Å². The molecule has 1 aliphatic heterocycles. The second-order valence-electron chi connectivity index (χ2n) is 4.01. The second-order valence-corrected chi connectivity index (χ2v) is 5.30. The predicted octanol–water partition coefficient (Wildman–Crippen LogP) is 2.39. The van der Waals surface area contributed by atoms with Gasteiger partial charge in [-0.1, -0.05) is 0 Å². The number of rotatable bonds is 3. The zero-order valence-electron chi connectivity index (χ0n) is 9.19. The van der Waals surface area contributed by atoms with Crippen molar-refractivity contribution in [2.24, 2.45) is 0 Å². The highest BCUT2D eigenvalue weighted by Gasteiger charge is 2.14. The van der Waals surface area contributed by atoms with Gasteiger partial charge in [-0.15, -0.1) is 0 Å². The maximum absolute atomic E-state index is 9.67. The maximum atomic E-state index is 9.67. The van der Waals surface area contributed by atoms with Gasteiger partial charge < -0.3 is 15.6 Å². The Kier molecular flexibility index (Phi) is 3.96. The van der Waals surface area contributed by atoms with Gasteiger partial charge >= 0.3 is 0 Å². The summed E-state index contributed by atoms with van der Waals surface area (Å²) in [5.74, 6) is 1.16. The van der Waals surface area contributed by atoms with E-state index in [2.05, 4.69) is 0 Å². The van der Waals surface area contributed by atoms with Crippen LogP contribution in [0.5, 0.6) is 5.75 Å². The predicted molar refractivity (Wildman–Crippen MR) is 67.7 cm³/mol. The number of ether oxygens (including phenoxy) is 1. The smallest absolute Gasteiger partial charge is 0.119 e. The van der Waals surface area contributed by atoms with Crippen LogP contribution >= 0.6 is 11.8 Å². The van der Waals surface area contributed by atoms with Gasteiger partial charge in [-0.2, -0.15) is 11.8 Å². The third-order valence-corrected chi connectivity index (χ3v) is 4.17. The molecule has 0 radical (unpaired) electrons. The minimum absolute atomic E-state index is 0.341. The fourth-order valence-electron chi connectivity index (χ4n) is 1.77. The van der Waals surface area contributed by atoms with Crippen LogP contribution in [-0.2, 0) is 10.5 Å². The molecule has 3 nitrogen and oxygen atoms in total. The number of hydrogen-bond acceptors (Lipinski definition) is 4. The molecule has 88 valence electrons. The highest BCUT2D eigenvalue weighted by Crippen LogP contribution is 2.29. The SMILES string of the molecule is Nc1ccc(O)c(CSC2CCOCC2)c1. The Morgan fingerprint density at radius 1 is 1.38 bits per heavy atom. The van der Waals surface area contributed by atoms with Gasteiger partial charge in [0.25, 0.3) is 0 Å². The van der Waals surface area contributed by atoms with Crippen LogP contribution in [0, 0.1) is 0 Å². The molecule has 3 N–H and O–H groups in total. The number of nitrogen functional groups attached to an aromatic ring is 1. The van der Waals surface area contributed by atoms with E-state index in [1.165, 1.54) is 0 Å². The summed E-state index contributed by atoms with van der Waals surface area (Å²) in [6, 6.07) is 5.23. The molecule has 1 saturated heterocycles. The molecule has 0 unspecified atom stereocenters. The van der Waals surface area contributed by atoms with Gasteiger partial charge in [0.15, 0.2) is 0 Å². The van der Waals surface area contributed by atoms with Crippen LogP contribution in [0.1, 0.15) is 18.4 Å². The van der Waals surface area contributed by atoms with Gasteiger partial charge in [-0.25, -0.2) is 0 Å². The summed E-state index contributed by atoms with van der Waals surface area (Å²) < 4.78 is 5.31. The lowest BCUT2D eigenvalue weighted by Crippen LogP contribution is -2.17. The Balaban J connectivity index is 1.90. The largest absolute Gasteiger partial charge is 0.508 e. The Bertz CT molecular complexity index is 351. The summed E-state index contributed by atoms with van der Waals surface area (Å²) in [5.41, 5.74) is 7.33. The standard InChI is InChI=1S/C12H17NO2S/c13-10-1-2-12(14)9(7-10)8-16-11-3-5-15-6-4-11/h1-2,7,11,14H,3-6,8,13H2. The molecule has 1 heterocycles. The molecule has 16 heavy (non-hydrogen) atoms. The fourth-order valence-corrected chi connectivity index (χ4v) is 2.94. The van der Waals surface area contributed by atoms with Crippen molar-refractivity contribution in [2.45, 2.75) is 23.8 Å². The van der Waals surface area contributed by atoms with Gasteiger partial charge in [0, 0.05) is 35.5 Å². The third-order valence-electron chi connectivity index (χ3n) is 2.75. The number of nitrogens with two attached hydrogens (primary N) is 1. The summed E-state index contributed by atoms with van der Waals surface area (Å²) in [6.07, 6.45) is 2.21. The number of benzene rings is 1. The highest BCUT2D eigenvalue weighted by atomic mass is 32.2. The van der Waals surface area contributed by atoms with Gasteiger partial charge in [-0.05, 0) is 31.0 Å². The highest BCUT2D eigenvalue weighted by molar-refractivity contribution is 7.99. The zero-order chi connectivity index (χ0) is 11.4. The molecule has 0 amide bonds. The minimum Gasteiger partial charge on any atom is -0.508 e. The van der Waals surface area contributed by atoms with Crippen molar-refractivity contribution < 1.29 is 9.84 Å². The van der Waals surface area contributed by atoms with Crippen LogP contribution in [-0.4, -0.2) is 23.6 Å². The molecule has 0 bridgehead atoms. The van der Waals surface area contributed by atoms with E-state index in [9.17, 15) is 5.11 Å². The van der Waals surface area contributed by atoms with E-state index in [4.69, 9.17) is 10.5 Å². The number of hydrogen-bond donors (Lipinski definition) is 2. The van der Waals surface area contributed by atoms with E-state index in [0.29, 0.717) is 16.7 Å². The van der Waals surface area contributed by atoms with Gasteiger partial charge in [0.1, 0.15) is 5.75 Å². The van der Waals surface area contributed by atoms with E-state index >= 15 is 0 Å². The number of phenols is 1. The topological polar surface area (TPSA) is 55.5 Å². The maximum Gasteiger partial charge on any atom is 0.119 e. The van der Waals surface area contributed by atoms with Crippen molar-refractivity contribution in [3.8, 4) is 5.75 Å². The first-order valence-corrected chi connectivity index (χ1v) is 6.57. The number of anilines is 1. The van der Waals surface area contributed by atoms with E-state index in [-0.39, 0.29) is 0 Å². The van der Waals surface area contributed by atoms with Crippen molar-refractivity contribution in [3.05, 3.63) is 23.8 Å². The number of phenolic OH excluding ortho intramolecular Hbond substituents is 1. The average molecular weight is 239 g/mol. The first-order chi connectivity index (χ1) is 7.75. The molecule has 4 heteroatoms. The Hall–Kier alpha value is -0.870. The van der Waals surface area contributed by atoms with Gasteiger partial charge in [-0.3, -0.25) is 0 Å². The van der Waals surface area contributed by atoms with Crippen LogP contribution in [0.4, 0.5) is 5.69 Å². The summed E-state index contributed by atoms with van der Waals surface area (Å²) in [4.78, 5) is 0. The minimum atomic E-state index is 0.341. The van der Waals surface area contributed by atoms with Crippen LogP contribution in [0.15, 0.2) is 18.2 Å². The molecule has 1 aromatic carbocycles. The van der Waals surface area contributed by atoms with Crippen molar-refractivity contribution in [1.82, 2.24) is 0 Å². The van der Waals surface area contributed by atoms with Crippen molar-refractivity contribution in [3.63, 3.8) is 0 Å². The summed E-state index contributed by atoms with van der Waals surface area (Å²) in [7, 11) is 0. The molecule has 1 aliphatic rings. The molecule has 0 spiro atoms. The van der Waals surface area contributed by atoms with Gasteiger partial charge in [0.2, 0.25) is 0 Å². The van der Waals surface area contributed by atoms with Crippen LogP contribution in [0.3, 0.4) is 0 Å². The van der Waals surface area contributed by atoms with Crippen LogP contribution in [0.2, 0.25) is 0 Å². The van der Waals surface area contributed by atoms with Crippen LogP contribution in [0.25, 0.3) is 0 Å². The molecule has 0 aromatic heterocycles. The zero-order valence-corrected chi connectivity index (χ0v) is 10.0. The first kappa shape index (κ1) is 11.6. The summed E-state index contributed by atoms with van der Waals surface area (Å²) >= 11 is 1.88. The Morgan fingerprint density at radius 3 is 2.88 bits per heavy atom. The Labute approximate surface area is 100.0 Å². The third kappa shape index (κ3) is 3.06. The molecule has 0 aliphatic carbocycles. The quantitative estimate of drug-likeness (QED) is 0.628. The molecule has 2 rings (SSSR count). The average Bonchev–Trinajstić information content (AvgIpc) is 2.32. The molecule has 0 saturated carbocycles. The van der Waals surface area contributed by atoms with Crippen LogP contribution < -0.4 is 5.73 Å². The van der Waals surface area contributed by atoms with Gasteiger partial charge in [0.05, 0.1) is 0 Å². The Morgan fingerprint density at radius 2 is 2.12 bits per heavy atom. The monoisotopic (exact) mass is 239 g/mol. The number of aromatic hydroxyl groups is 1. The molecular weight excluding hydrogens is 222 g/mol. The first-order valence-electron chi connectivity index (χ1n) is 5.52. The summed E-state index contributed by atoms with van der Waals surface area (Å²) in [5, 5.41) is 10.3. The summed E-state index contributed by atoms with van der Waals surface area (Å²) in [6.45, 7) is 1.72. The van der Waals surface area contributed by atoms with E-state index in [1.807, 2.05) is 17.8 Å². The fraction of sp³-hybridized carbons (Fsp3) is 0.500. The van der Waals surface area contributed by atoms with E-state index < -0.39 is 0 Å². The second kappa shape index (κ2) is 5.46. The molecule has 0 atom stereocenters.